The van der Waals surface area contributed by atoms with E-state index in [0.29, 0.717) is 61.2 Å². The number of rotatable bonds is 24. The summed E-state index contributed by atoms with van der Waals surface area (Å²) in [5.74, 6) is -1.32. The lowest BCUT2D eigenvalue weighted by molar-refractivity contribution is -0.870. The Morgan fingerprint density at radius 3 is 2.45 bits per heavy atom. The van der Waals surface area contributed by atoms with Gasteiger partial charge in [-0.2, -0.15) is 8.42 Å². The number of aromatic nitrogens is 2. The molecular formula is C40H53BF2N5O6S4+. The summed E-state index contributed by atoms with van der Waals surface area (Å²) in [4.78, 5) is 43.6. The average molecular weight is 877 g/mol. The summed E-state index contributed by atoms with van der Waals surface area (Å²) >= 11 is 1.39. The van der Waals surface area contributed by atoms with Gasteiger partial charge < -0.3 is 27.4 Å². The van der Waals surface area contributed by atoms with Crippen LogP contribution in [0.2, 0.25) is 0 Å². The van der Waals surface area contributed by atoms with E-state index in [0.717, 1.165) is 54.1 Å². The highest BCUT2D eigenvalue weighted by Crippen LogP contribution is 2.40. The Hall–Kier alpha value is -3.42. The van der Waals surface area contributed by atoms with Crippen molar-refractivity contribution < 1.29 is 45.0 Å². The summed E-state index contributed by atoms with van der Waals surface area (Å²) in [5.41, 5.74) is 3.01. The maximum absolute atomic E-state index is 16.9. The number of pyridine rings is 1. The van der Waals surface area contributed by atoms with Gasteiger partial charge in [0.25, 0.3) is 10.1 Å². The van der Waals surface area contributed by atoms with E-state index in [9.17, 15) is 27.4 Å². The first-order valence-electron chi connectivity index (χ1n) is 19.6. The van der Waals surface area contributed by atoms with Crippen molar-refractivity contribution in [1.82, 2.24) is 14.8 Å². The number of amides is 1. The predicted octanol–water partition coefficient (Wildman–Crippen LogP) is 7.37. The number of fused-ring (bicyclic) bond motifs is 2. The molecule has 11 nitrogen and oxygen atoms in total. The number of hydrogen-bond acceptors (Lipinski definition) is 9. The SMILES string of the molecule is Cc1cc(CCC(=O)NC(CS(=O)(=O)O)C(=O)CCCCCC(=O)CCCSSc2ccccn2)n2c1C=C1C(CCC[N+](C)(C)C)=CC(c3cccs3)=[N+]1[B-]2(F)F. The smallest absolute Gasteiger partial charge is 0.394 e. The molecule has 58 heavy (non-hydrogen) atoms. The monoisotopic (exact) mass is 876 g/mol. The van der Waals surface area contributed by atoms with Crippen LogP contribution in [0.3, 0.4) is 0 Å². The molecule has 1 amide bonds. The fraction of sp³-hybridized carbons (Fsp3) is 0.475. The first kappa shape index (κ1) is 45.7. The van der Waals surface area contributed by atoms with Gasteiger partial charge in [-0.1, -0.05) is 29.3 Å². The van der Waals surface area contributed by atoms with Gasteiger partial charge in [0, 0.05) is 67.5 Å². The second-order valence-corrected chi connectivity index (χ2v) is 20.7. The number of carbonyl (C=O) groups is 3. The fourth-order valence-corrected chi connectivity index (χ4v) is 10.6. The van der Waals surface area contributed by atoms with Crippen molar-refractivity contribution in [1.29, 1.82) is 0 Å². The number of unbranched alkanes of at least 4 members (excludes halogenated alkanes) is 2. The summed E-state index contributed by atoms with van der Waals surface area (Å²) < 4.78 is 70.0. The summed E-state index contributed by atoms with van der Waals surface area (Å²) in [5, 5.41) is 5.21. The van der Waals surface area contributed by atoms with Gasteiger partial charge in [-0.3, -0.25) is 18.9 Å². The maximum Gasteiger partial charge on any atom is 0.737 e. The van der Waals surface area contributed by atoms with Gasteiger partial charge in [0.05, 0.1) is 32.6 Å². The molecule has 1 atom stereocenters. The highest BCUT2D eigenvalue weighted by Gasteiger charge is 2.54. The van der Waals surface area contributed by atoms with Crippen molar-refractivity contribution in [2.45, 2.75) is 88.6 Å². The first-order valence-corrected chi connectivity index (χ1v) is 24.4. The van der Waals surface area contributed by atoms with Gasteiger partial charge in [-0.15, -0.1) is 11.3 Å². The second kappa shape index (κ2) is 20.2. The molecular weight excluding hydrogens is 824 g/mol. The number of thiophene rings is 1. The van der Waals surface area contributed by atoms with Gasteiger partial charge in [0.2, 0.25) is 5.91 Å². The molecule has 0 aromatic carbocycles. The molecule has 5 heterocycles. The van der Waals surface area contributed by atoms with E-state index in [4.69, 9.17) is 0 Å². The van der Waals surface area contributed by atoms with Crippen molar-refractivity contribution >= 4 is 79.3 Å². The summed E-state index contributed by atoms with van der Waals surface area (Å²) in [6.07, 6.45) is 9.50. The Morgan fingerprint density at radius 2 is 1.76 bits per heavy atom. The summed E-state index contributed by atoms with van der Waals surface area (Å²) in [6.45, 7) is -1.73. The van der Waals surface area contributed by atoms with Crippen molar-refractivity contribution in [3.8, 4) is 0 Å². The molecule has 2 N–H and O–H groups in total. The number of carbonyl (C=O) groups excluding carboxylic acids is 3. The van der Waals surface area contributed by atoms with E-state index in [2.05, 4.69) is 31.4 Å². The topological polar surface area (TPSA) is 138 Å². The maximum atomic E-state index is 16.9. The third-order valence-corrected chi connectivity index (χ3v) is 14.0. The van der Waals surface area contributed by atoms with Crippen LogP contribution in [-0.4, -0.2) is 107 Å². The van der Waals surface area contributed by atoms with Crippen molar-refractivity contribution in [2.24, 2.45) is 0 Å². The lowest BCUT2D eigenvalue weighted by Gasteiger charge is -2.31. The normalized spacial score (nSPS) is 15.4. The number of aryl methyl sites for hydroxylation is 2. The zero-order valence-electron chi connectivity index (χ0n) is 33.5. The van der Waals surface area contributed by atoms with Crippen LogP contribution in [0.5, 0.6) is 0 Å². The van der Waals surface area contributed by atoms with Crippen molar-refractivity contribution in [3.63, 3.8) is 0 Å². The molecule has 2 aliphatic heterocycles. The summed E-state index contributed by atoms with van der Waals surface area (Å²) in [6, 6.07) is 9.52. The molecule has 0 saturated heterocycles. The van der Waals surface area contributed by atoms with Crippen LogP contribution in [0, 0.1) is 6.92 Å². The quantitative estimate of drug-likeness (QED) is 0.0311. The first-order chi connectivity index (χ1) is 27.4. The molecule has 3 aromatic heterocycles. The molecule has 0 radical (unpaired) electrons. The minimum atomic E-state index is -4.64. The molecule has 1 unspecified atom stereocenters. The van der Waals surface area contributed by atoms with Gasteiger partial charge in [0.15, 0.2) is 17.2 Å². The van der Waals surface area contributed by atoms with Crippen LogP contribution in [0.4, 0.5) is 8.63 Å². The lowest BCUT2D eigenvalue weighted by atomic mass is 9.88. The zero-order valence-corrected chi connectivity index (χ0v) is 36.8. The largest absolute Gasteiger partial charge is 0.737 e. The molecule has 5 rings (SSSR count). The Kier molecular flexibility index (Phi) is 15.9. The fourth-order valence-electron chi connectivity index (χ4n) is 7.23. The lowest BCUT2D eigenvalue weighted by Crippen LogP contribution is -2.51. The summed E-state index contributed by atoms with van der Waals surface area (Å²) in [7, 11) is 4.88. The van der Waals surface area contributed by atoms with E-state index >= 15 is 8.63 Å². The number of nitrogens with zero attached hydrogens (tertiary/aromatic N) is 4. The van der Waals surface area contributed by atoms with Crippen LogP contribution in [0.15, 0.2) is 70.3 Å². The molecule has 0 saturated carbocycles. The minimum Gasteiger partial charge on any atom is -0.394 e. The van der Waals surface area contributed by atoms with Gasteiger partial charge in [0.1, 0.15) is 22.6 Å². The number of Topliss-reactive ketones (excluding diaryl/α,β-unsaturated/α-hetero) is 2. The highest BCUT2D eigenvalue weighted by atomic mass is 33.1. The number of quaternary nitrogens is 1. The van der Waals surface area contributed by atoms with Crippen LogP contribution < -0.4 is 5.32 Å². The molecule has 18 heteroatoms. The molecule has 3 aromatic rings. The number of hydrogen-bond donors (Lipinski definition) is 2. The molecule has 0 bridgehead atoms. The standard InChI is InChI=1S/C40H52BF2N5O6S4/c1-29-25-31(46-34(29)27-35-30(13-10-22-48(2,3)4)26-36(38-17-12-23-55-38)47(35)41(46,42)43)19-20-39(51)45-33(28-58(52,53)54)37(50)16-7-5-6-14-32(49)15-11-24-56-57-40-18-8-9-21-44-40/h8-9,12,17-18,21,23,25-27,33H,5-7,10-11,13-16,19-20,22,24,28H2,1-4H3,(H-,45,51,52,53,54)/p+1. The molecule has 314 valence electrons. The number of halogens is 2. The molecule has 2 aliphatic rings. The highest BCUT2D eigenvalue weighted by molar-refractivity contribution is 8.76. The number of nitrogens with one attached hydrogen (secondary N) is 1. The Bertz CT molecular complexity index is 2150. The minimum absolute atomic E-state index is 0.0604. The van der Waals surface area contributed by atoms with Crippen molar-refractivity contribution in [2.75, 3.05) is 39.2 Å². The number of ketones is 2. The average Bonchev–Trinajstić information content (AvgIpc) is 3.88. The van der Waals surface area contributed by atoms with E-state index in [1.54, 1.807) is 46.9 Å². The van der Waals surface area contributed by atoms with Gasteiger partial charge in [-0.05, 0) is 90.7 Å². The predicted molar refractivity (Wildman–Crippen MR) is 231 cm³/mol. The Balaban J connectivity index is 1.16. The van der Waals surface area contributed by atoms with Gasteiger partial charge in [-0.25, -0.2) is 4.98 Å². The van der Waals surface area contributed by atoms with E-state index < -0.39 is 40.6 Å². The zero-order chi connectivity index (χ0) is 42.1. The van der Waals surface area contributed by atoms with Crippen LogP contribution in [-0.2, 0) is 30.9 Å². The third kappa shape index (κ3) is 12.8. The number of allylic oxidation sites excluding steroid dienone is 2. The van der Waals surface area contributed by atoms with Gasteiger partial charge >= 0.3 is 6.97 Å². The molecule has 0 spiro atoms. The van der Waals surface area contributed by atoms with Crippen molar-refractivity contribution in [3.05, 3.63) is 87.1 Å². The van der Waals surface area contributed by atoms with E-state index in [1.165, 1.54) is 11.3 Å². The van der Waals surface area contributed by atoms with Crippen LogP contribution in [0.1, 0.15) is 86.0 Å². The van der Waals surface area contributed by atoms with Crippen LogP contribution in [0.25, 0.3) is 6.08 Å². The van der Waals surface area contributed by atoms with Crippen LogP contribution >= 0.6 is 32.9 Å². The molecule has 0 aliphatic carbocycles. The molecule has 0 fully saturated rings. The van der Waals surface area contributed by atoms with E-state index in [-0.39, 0.29) is 30.7 Å². The van der Waals surface area contributed by atoms with E-state index in [1.807, 2.05) is 41.8 Å². The Morgan fingerprint density at radius 1 is 1.00 bits per heavy atom. The third-order valence-electron chi connectivity index (χ3n) is 10.0. The second-order valence-electron chi connectivity index (χ2n) is 15.8. The Labute approximate surface area is 352 Å².